The first-order chi connectivity index (χ1) is 8.99. The maximum absolute atomic E-state index is 12.7. The minimum Gasteiger partial charge on any atom is -0.474 e. The van der Waals surface area contributed by atoms with Crippen LogP contribution in [0.15, 0.2) is 6.07 Å². The quantitative estimate of drug-likeness (QED) is 0.896. The Hall–Kier alpha value is -1.53. The first-order valence-electron chi connectivity index (χ1n) is 6.36. The molecule has 1 aromatic heterocycles. The predicted octanol–water partition coefficient (Wildman–Crippen LogP) is 3.25. The van der Waals surface area contributed by atoms with E-state index >= 15 is 0 Å². The molecule has 4 nitrogen and oxygen atoms in total. The van der Waals surface area contributed by atoms with Gasteiger partial charge in [-0.15, -0.1) is 0 Å². The standard InChI is InChI=1S/C12H16F3N3O/c1-2-6-16-11-17-9(12(13,14)15)7-10(18-11)19-8-4-3-5-8/h7-8H,2-6H2,1H3,(H,16,17,18). The molecule has 1 fully saturated rings. The monoisotopic (exact) mass is 275 g/mol. The van der Waals surface area contributed by atoms with Crippen LogP contribution in [0.1, 0.15) is 38.3 Å². The summed E-state index contributed by atoms with van der Waals surface area (Å²) >= 11 is 0. The van der Waals surface area contributed by atoms with Gasteiger partial charge in [0, 0.05) is 12.6 Å². The summed E-state index contributed by atoms with van der Waals surface area (Å²) in [7, 11) is 0. The molecule has 1 saturated carbocycles. The highest BCUT2D eigenvalue weighted by Crippen LogP contribution is 2.31. The summed E-state index contributed by atoms with van der Waals surface area (Å²) in [6.07, 6.45) is -0.966. The second kappa shape index (κ2) is 5.63. The number of nitrogens with one attached hydrogen (secondary N) is 1. The number of nitrogens with zero attached hydrogens (tertiary/aromatic N) is 2. The lowest BCUT2D eigenvalue weighted by molar-refractivity contribution is -0.141. The van der Waals surface area contributed by atoms with Crippen molar-refractivity contribution in [2.24, 2.45) is 0 Å². The van der Waals surface area contributed by atoms with Gasteiger partial charge in [0.25, 0.3) is 0 Å². The van der Waals surface area contributed by atoms with Gasteiger partial charge in [0.05, 0.1) is 0 Å². The molecule has 7 heteroatoms. The Balaban J connectivity index is 2.19. The molecule has 0 bridgehead atoms. The highest BCUT2D eigenvalue weighted by atomic mass is 19.4. The summed E-state index contributed by atoms with van der Waals surface area (Å²) < 4.78 is 43.6. The Morgan fingerprint density at radius 3 is 2.63 bits per heavy atom. The van der Waals surface area contributed by atoms with Gasteiger partial charge < -0.3 is 10.1 Å². The summed E-state index contributed by atoms with van der Waals surface area (Å²) in [4.78, 5) is 7.43. The Kier molecular flexibility index (Phi) is 4.11. The largest absolute Gasteiger partial charge is 0.474 e. The zero-order valence-electron chi connectivity index (χ0n) is 10.6. The van der Waals surface area contributed by atoms with Gasteiger partial charge in [-0.25, -0.2) is 4.98 Å². The van der Waals surface area contributed by atoms with E-state index in [1.165, 1.54) is 0 Å². The third kappa shape index (κ3) is 3.71. The number of rotatable bonds is 5. The fraction of sp³-hybridized carbons (Fsp3) is 0.667. The highest BCUT2D eigenvalue weighted by molar-refractivity contribution is 5.32. The average molecular weight is 275 g/mol. The van der Waals surface area contributed by atoms with Crippen LogP contribution in [0.2, 0.25) is 0 Å². The van der Waals surface area contributed by atoms with Crippen molar-refractivity contribution < 1.29 is 17.9 Å². The second-order valence-electron chi connectivity index (χ2n) is 4.51. The van der Waals surface area contributed by atoms with Gasteiger partial charge in [-0.2, -0.15) is 18.2 Å². The average Bonchev–Trinajstić information content (AvgIpc) is 2.30. The van der Waals surface area contributed by atoms with Crippen molar-refractivity contribution in [3.63, 3.8) is 0 Å². The molecule has 106 valence electrons. The maximum Gasteiger partial charge on any atom is 0.433 e. The SMILES string of the molecule is CCCNc1nc(OC2CCC2)cc(C(F)(F)F)n1. The minimum atomic E-state index is -4.50. The number of hydrogen-bond acceptors (Lipinski definition) is 4. The van der Waals surface area contributed by atoms with Crippen LogP contribution in [0.25, 0.3) is 0 Å². The van der Waals surface area contributed by atoms with E-state index < -0.39 is 11.9 Å². The molecule has 0 aromatic carbocycles. The van der Waals surface area contributed by atoms with Crippen molar-refractivity contribution in [3.05, 3.63) is 11.8 Å². The molecular weight excluding hydrogens is 259 g/mol. The van der Waals surface area contributed by atoms with E-state index in [4.69, 9.17) is 4.74 Å². The summed E-state index contributed by atoms with van der Waals surface area (Å²) in [5, 5.41) is 2.75. The molecule has 0 spiro atoms. The van der Waals surface area contributed by atoms with Crippen LogP contribution < -0.4 is 10.1 Å². The fourth-order valence-corrected chi connectivity index (χ4v) is 1.61. The van der Waals surface area contributed by atoms with E-state index in [0.717, 1.165) is 31.7 Å². The maximum atomic E-state index is 12.7. The minimum absolute atomic E-state index is 0.00868. The van der Waals surface area contributed by atoms with Gasteiger partial charge in [-0.3, -0.25) is 0 Å². The molecule has 0 amide bonds. The lowest BCUT2D eigenvalue weighted by Gasteiger charge is -2.26. The Labute approximate surface area is 109 Å². The Morgan fingerprint density at radius 2 is 2.11 bits per heavy atom. The lowest BCUT2D eigenvalue weighted by Crippen LogP contribution is -2.25. The molecule has 2 rings (SSSR count). The molecule has 1 heterocycles. The zero-order valence-corrected chi connectivity index (χ0v) is 10.6. The van der Waals surface area contributed by atoms with Gasteiger partial charge in [-0.1, -0.05) is 6.92 Å². The molecular formula is C12H16F3N3O. The van der Waals surface area contributed by atoms with Crippen LogP contribution in [0, 0.1) is 0 Å². The summed E-state index contributed by atoms with van der Waals surface area (Å²) in [6.45, 7) is 2.43. The van der Waals surface area contributed by atoms with Crippen molar-refractivity contribution in [3.8, 4) is 5.88 Å². The topological polar surface area (TPSA) is 47.0 Å². The van der Waals surface area contributed by atoms with E-state index in [2.05, 4.69) is 15.3 Å². The van der Waals surface area contributed by atoms with Crippen molar-refractivity contribution in [2.75, 3.05) is 11.9 Å². The molecule has 1 aliphatic rings. The predicted molar refractivity (Wildman–Crippen MR) is 64.1 cm³/mol. The number of halogens is 3. The van der Waals surface area contributed by atoms with Crippen molar-refractivity contribution in [1.82, 2.24) is 9.97 Å². The Bertz CT molecular complexity index is 433. The molecule has 1 aliphatic carbocycles. The number of hydrogen-bond donors (Lipinski definition) is 1. The van der Waals surface area contributed by atoms with Crippen molar-refractivity contribution in [1.29, 1.82) is 0 Å². The highest BCUT2D eigenvalue weighted by Gasteiger charge is 2.34. The van der Waals surface area contributed by atoms with Gasteiger partial charge in [0.1, 0.15) is 6.10 Å². The molecule has 0 saturated heterocycles. The zero-order chi connectivity index (χ0) is 13.9. The van der Waals surface area contributed by atoms with E-state index in [-0.39, 0.29) is 17.9 Å². The molecule has 19 heavy (non-hydrogen) atoms. The van der Waals surface area contributed by atoms with E-state index in [0.29, 0.717) is 6.54 Å². The third-order valence-corrected chi connectivity index (χ3v) is 2.87. The summed E-state index contributed by atoms with van der Waals surface area (Å²) in [5.41, 5.74) is -0.976. The first-order valence-corrected chi connectivity index (χ1v) is 6.36. The van der Waals surface area contributed by atoms with Crippen molar-refractivity contribution in [2.45, 2.75) is 44.9 Å². The molecule has 0 aliphatic heterocycles. The molecule has 1 aromatic rings. The molecule has 0 atom stereocenters. The van der Waals surface area contributed by atoms with Crippen LogP contribution >= 0.6 is 0 Å². The normalized spacial score (nSPS) is 16.0. The van der Waals surface area contributed by atoms with Gasteiger partial charge in [-0.05, 0) is 25.7 Å². The first kappa shape index (κ1) is 13.9. The number of alkyl halides is 3. The van der Waals surface area contributed by atoms with Crippen LogP contribution in [0.5, 0.6) is 5.88 Å². The molecule has 1 N–H and O–H groups in total. The van der Waals surface area contributed by atoms with E-state index in [1.54, 1.807) is 0 Å². The number of aromatic nitrogens is 2. The summed E-state index contributed by atoms with van der Waals surface area (Å²) in [5.74, 6) is -0.0448. The molecule has 0 radical (unpaired) electrons. The smallest absolute Gasteiger partial charge is 0.433 e. The van der Waals surface area contributed by atoms with Crippen LogP contribution in [-0.2, 0) is 6.18 Å². The van der Waals surface area contributed by atoms with Crippen LogP contribution in [-0.4, -0.2) is 22.6 Å². The van der Waals surface area contributed by atoms with Gasteiger partial charge >= 0.3 is 6.18 Å². The second-order valence-corrected chi connectivity index (χ2v) is 4.51. The molecule has 0 unspecified atom stereocenters. The van der Waals surface area contributed by atoms with E-state index in [9.17, 15) is 13.2 Å². The number of anilines is 1. The van der Waals surface area contributed by atoms with Crippen LogP contribution in [0.3, 0.4) is 0 Å². The fourth-order valence-electron chi connectivity index (χ4n) is 1.61. The van der Waals surface area contributed by atoms with E-state index in [1.807, 2.05) is 6.92 Å². The van der Waals surface area contributed by atoms with Crippen molar-refractivity contribution >= 4 is 5.95 Å². The Morgan fingerprint density at radius 1 is 1.37 bits per heavy atom. The van der Waals surface area contributed by atoms with Gasteiger partial charge in [0.15, 0.2) is 5.69 Å². The van der Waals surface area contributed by atoms with Gasteiger partial charge in [0.2, 0.25) is 11.8 Å². The number of ether oxygens (including phenoxy) is 1. The van der Waals surface area contributed by atoms with Crippen LogP contribution in [0.4, 0.5) is 19.1 Å². The lowest BCUT2D eigenvalue weighted by atomic mass is 9.96. The third-order valence-electron chi connectivity index (χ3n) is 2.87. The summed E-state index contributed by atoms with van der Waals surface area (Å²) in [6, 6.07) is 0.857.